The van der Waals surface area contributed by atoms with E-state index in [0.717, 1.165) is 6.54 Å². The highest BCUT2D eigenvalue weighted by Gasteiger charge is 2.23. The fourth-order valence-electron chi connectivity index (χ4n) is 2.44. The Kier molecular flexibility index (Phi) is 2.17. The Hall–Kier alpha value is -1.76. The lowest BCUT2D eigenvalue weighted by Gasteiger charge is -2.10. The van der Waals surface area contributed by atoms with Crippen molar-refractivity contribution in [3.8, 4) is 0 Å². The van der Waals surface area contributed by atoms with Crippen LogP contribution in [0.5, 0.6) is 0 Å². The lowest BCUT2D eigenvalue weighted by atomic mass is 9.92. The van der Waals surface area contributed by atoms with Crippen molar-refractivity contribution >= 4 is 5.69 Å². The average molecular weight is 209 g/mol. The highest BCUT2D eigenvalue weighted by Crippen LogP contribution is 2.36. The molecule has 3 rings (SSSR count). The molecule has 0 amide bonds. The molecule has 1 aliphatic heterocycles. The van der Waals surface area contributed by atoms with Gasteiger partial charge in [-0.05, 0) is 24.1 Å². The van der Waals surface area contributed by atoms with E-state index in [4.69, 9.17) is 0 Å². The molecule has 1 heterocycles. The second kappa shape index (κ2) is 3.67. The Balaban J connectivity index is 2.06. The summed E-state index contributed by atoms with van der Waals surface area (Å²) in [5, 5.41) is 3.48. The van der Waals surface area contributed by atoms with Crippen LogP contribution in [-0.2, 0) is 0 Å². The quantitative estimate of drug-likeness (QED) is 0.757. The first kappa shape index (κ1) is 9.46. The van der Waals surface area contributed by atoms with Gasteiger partial charge in [0.2, 0.25) is 0 Å². The summed E-state index contributed by atoms with van der Waals surface area (Å²) in [4.78, 5) is 0. The molecule has 0 radical (unpaired) electrons. The number of rotatable bonds is 1. The predicted octanol–water partition coefficient (Wildman–Crippen LogP) is 3.55. The zero-order valence-electron chi connectivity index (χ0n) is 9.40. The molecule has 0 bridgehead atoms. The maximum Gasteiger partial charge on any atom is 0.0380 e. The van der Waals surface area contributed by atoms with Crippen molar-refractivity contribution in [1.82, 2.24) is 0 Å². The predicted molar refractivity (Wildman–Crippen MR) is 68.0 cm³/mol. The second-order valence-corrected chi connectivity index (χ2v) is 4.43. The smallest absolute Gasteiger partial charge is 0.0380 e. The molecule has 1 atom stereocenters. The van der Waals surface area contributed by atoms with Crippen molar-refractivity contribution in [2.75, 3.05) is 11.9 Å². The molecule has 0 aromatic heterocycles. The molecule has 1 N–H and O–H groups in total. The molecule has 1 unspecified atom stereocenters. The van der Waals surface area contributed by atoms with E-state index in [2.05, 4.69) is 60.8 Å². The first-order valence-corrected chi connectivity index (χ1v) is 5.74. The topological polar surface area (TPSA) is 12.0 Å². The van der Waals surface area contributed by atoms with Gasteiger partial charge in [0.1, 0.15) is 0 Å². The lowest BCUT2D eigenvalue weighted by molar-refractivity contribution is 0.906. The van der Waals surface area contributed by atoms with E-state index in [0.29, 0.717) is 5.92 Å². The number of nitrogens with one attached hydrogen (secondary N) is 1. The molecule has 2 aromatic carbocycles. The van der Waals surface area contributed by atoms with Crippen molar-refractivity contribution in [3.63, 3.8) is 0 Å². The van der Waals surface area contributed by atoms with Gasteiger partial charge in [-0.2, -0.15) is 0 Å². The summed E-state index contributed by atoms with van der Waals surface area (Å²) in [6.07, 6.45) is 0. The molecule has 80 valence electrons. The maximum absolute atomic E-state index is 3.48. The fraction of sp³-hybridized carbons (Fsp3) is 0.200. The van der Waals surface area contributed by atoms with Gasteiger partial charge in [-0.25, -0.2) is 0 Å². The van der Waals surface area contributed by atoms with Gasteiger partial charge in [0.15, 0.2) is 0 Å². The highest BCUT2D eigenvalue weighted by molar-refractivity contribution is 5.61. The lowest BCUT2D eigenvalue weighted by Crippen LogP contribution is -2.03. The zero-order valence-corrected chi connectivity index (χ0v) is 9.40. The molecule has 1 nitrogen and oxygen atoms in total. The Bertz CT molecular complexity index is 502. The third-order valence-electron chi connectivity index (χ3n) is 3.28. The van der Waals surface area contributed by atoms with Crippen LogP contribution in [0.15, 0.2) is 48.5 Å². The van der Waals surface area contributed by atoms with Crippen LogP contribution >= 0.6 is 0 Å². The number of hydrogen-bond donors (Lipinski definition) is 1. The highest BCUT2D eigenvalue weighted by atomic mass is 14.9. The van der Waals surface area contributed by atoms with E-state index in [1.807, 2.05) is 0 Å². The van der Waals surface area contributed by atoms with Crippen molar-refractivity contribution in [1.29, 1.82) is 0 Å². The summed E-state index contributed by atoms with van der Waals surface area (Å²) < 4.78 is 0. The minimum absolute atomic E-state index is 0.510. The minimum Gasteiger partial charge on any atom is -0.384 e. The molecule has 1 heteroatoms. The summed E-state index contributed by atoms with van der Waals surface area (Å²) in [7, 11) is 0. The first-order chi connectivity index (χ1) is 7.84. The number of aryl methyl sites for hydroxylation is 1. The van der Waals surface area contributed by atoms with Crippen molar-refractivity contribution in [2.24, 2.45) is 0 Å². The van der Waals surface area contributed by atoms with Crippen LogP contribution in [0.4, 0.5) is 5.69 Å². The zero-order chi connectivity index (χ0) is 11.0. The molecular weight excluding hydrogens is 194 g/mol. The summed E-state index contributed by atoms with van der Waals surface area (Å²) in [6.45, 7) is 3.17. The Morgan fingerprint density at radius 2 is 1.88 bits per heavy atom. The van der Waals surface area contributed by atoms with E-state index >= 15 is 0 Å². The van der Waals surface area contributed by atoms with Crippen LogP contribution < -0.4 is 5.32 Å². The summed E-state index contributed by atoms with van der Waals surface area (Å²) in [5.74, 6) is 0.510. The average Bonchev–Trinajstić information content (AvgIpc) is 2.73. The fourth-order valence-corrected chi connectivity index (χ4v) is 2.44. The monoisotopic (exact) mass is 209 g/mol. The molecule has 1 aliphatic rings. The van der Waals surface area contributed by atoms with E-state index in [1.54, 1.807) is 0 Å². The van der Waals surface area contributed by atoms with E-state index in [9.17, 15) is 0 Å². The normalized spacial score (nSPS) is 17.9. The number of benzene rings is 2. The second-order valence-electron chi connectivity index (χ2n) is 4.43. The molecular formula is C15H15N. The van der Waals surface area contributed by atoms with Gasteiger partial charge in [0.25, 0.3) is 0 Å². The largest absolute Gasteiger partial charge is 0.384 e. The van der Waals surface area contributed by atoms with Crippen LogP contribution in [0.3, 0.4) is 0 Å². The van der Waals surface area contributed by atoms with Crippen LogP contribution in [0.1, 0.15) is 22.6 Å². The van der Waals surface area contributed by atoms with Gasteiger partial charge in [-0.3, -0.25) is 0 Å². The molecule has 16 heavy (non-hydrogen) atoms. The summed E-state index contributed by atoms with van der Waals surface area (Å²) in [6, 6.07) is 17.4. The molecule has 0 fully saturated rings. The number of fused-ring (bicyclic) bond motifs is 1. The molecule has 0 saturated carbocycles. The minimum atomic E-state index is 0.510. The SMILES string of the molecule is Cc1ccc2c(c1)C(c1ccccc1)CN2. The summed E-state index contributed by atoms with van der Waals surface area (Å²) in [5.41, 5.74) is 5.47. The van der Waals surface area contributed by atoms with E-state index < -0.39 is 0 Å². The van der Waals surface area contributed by atoms with Crippen molar-refractivity contribution in [3.05, 3.63) is 65.2 Å². The Morgan fingerprint density at radius 1 is 1.06 bits per heavy atom. The van der Waals surface area contributed by atoms with Crippen LogP contribution in [0.2, 0.25) is 0 Å². The van der Waals surface area contributed by atoms with Gasteiger partial charge in [0.05, 0.1) is 0 Å². The van der Waals surface area contributed by atoms with E-state index in [1.165, 1.54) is 22.4 Å². The van der Waals surface area contributed by atoms with Gasteiger partial charge in [0, 0.05) is 18.2 Å². The molecule has 2 aromatic rings. The third kappa shape index (κ3) is 1.49. The van der Waals surface area contributed by atoms with Gasteiger partial charge in [-0.1, -0.05) is 48.0 Å². The van der Waals surface area contributed by atoms with Gasteiger partial charge < -0.3 is 5.32 Å². The molecule has 0 aliphatic carbocycles. The Labute approximate surface area is 96.1 Å². The first-order valence-electron chi connectivity index (χ1n) is 5.74. The van der Waals surface area contributed by atoms with Crippen LogP contribution in [-0.4, -0.2) is 6.54 Å². The summed E-state index contributed by atoms with van der Waals surface area (Å²) >= 11 is 0. The van der Waals surface area contributed by atoms with Crippen LogP contribution in [0, 0.1) is 6.92 Å². The molecule has 0 saturated heterocycles. The van der Waals surface area contributed by atoms with Crippen molar-refractivity contribution < 1.29 is 0 Å². The Morgan fingerprint density at radius 3 is 2.69 bits per heavy atom. The van der Waals surface area contributed by atoms with Crippen LogP contribution in [0.25, 0.3) is 0 Å². The van der Waals surface area contributed by atoms with E-state index in [-0.39, 0.29) is 0 Å². The maximum atomic E-state index is 3.48. The van der Waals surface area contributed by atoms with Gasteiger partial charge in [-0.15, -0.1) is 0 Å². The van der Waals surface area contributed by atoms with Gasteiger partial charge >= 0.3 is 0 Å². The van der Waals surface area contributed by atoms with Crippen molar-refractivity contribution in [2.45, 2.75) is 12.8 Å². The standard InChI is InChI=1S/C15H15N/c1-11-7-8-15-13(9-11)14(10-16-15)12-5-3-2-4-6-12/h2-9,14,16H,10H2,1H3. The number of hydrogen-bond acceptors (Lipinski definition) is 1. The third-order valence-corrected chi connectivity index (χ3v) is 3.28. The number of anilines is 1. The molecule has 0 spiro atoms.